The van der Waals surface area contributed by atoms with Crippen molar-refractivity contribution in [1.29, 1.82) is 0 Å². The predicted octanol–water partition coefficient (Wildman–Crippen LogP) is 2.51. The average molecular weight is 287 g/mol. The van der Waals surface area contributed by atoms with Crippen LogP contribution < -0.4 is 5.32 Å². The van der Waals surface area contributed by atoms with Gasteiger partial charge >= 0.3 is 0 Å². The van der Waals surface area contributed by atoms with Gasteiger partial charge in [-0.3, -0.25) is 9.80 Å². The molecule has 21 heavy (non-hydrogen) atoms. The van der Waals surface area contributed by atoms with Gasteiger partial charge in [0.1, 0.15) is 0 Å². The van der Waals surface area contributed by atoms with Crippen LogP contribution in [0, 0.1) is 0 Å². The zero-order valence-electron chi connectivity index (χ0n) is 13.5. The van der Waals surface area contributed by atoms with Crippen molar-refractivity contribution in [2.24, 2.45) is 0 Å². The number of rotatable bonds is 6. The maximum Gasteiger partial charge on any atom is 0.0475 e. The van der Waals surface area contributed by atoms with E-state index in [0.29, 0.717) is 12.1 Å². The van der Waals surface area contributed by atoms with Gasteiger partial charge < -0.3 is 5.32 Å². The highest BCUT2D eigenvalue weighted by Gasteiger charge is 2.34. The molecule has 116 valence electrons. The summed E-state index contributed by atoms with van der Waals surface area (Å²) in [5.74, 6) is 0. The van der Waals surface area contributed by atoms with Crippen LogP contribution in [0.1, 0.15) is 37.8 Å². The van der Waals surface area contributed by atoms with E-state index in [9.17, 15) is 0 Å². The van der Waals surface area contributed by atoms with Gasteiger partial charge in [0.25, 0.3) is 0 Å². The molecule has 0 radical (unpaired) electrons. The molecule has 1 N–H and O–H groups in total. The lowest BCUT2D eigenvalue weighted by Crippen LogP contribution is -2.53. The highest BCUT2D eigenvalue weighted by Crippen LogP contribution is 2.29. The molecule has 0 amide bonds. The van der Waals surface area contributed by atoms with E-state index in [0.717, 1.165) is 6.04 Å². The number of likely N-dealkylation sites (N-methyl/N-ethyl adjacent to an activating group) is 1. The van der Waals surface area contributed by atoms with E-state index in [1.165, 1.54) is 51.0 Å². The smallest absolute Gasteiger partial charge is 0.0475 e. The first-order valence-electron chi connectivity index (χ1n) is 8.53. The third-order valence-electron chi connectivity index (χ3n) is 5.15. The van der Waals surface area contributed by atoms with Crippen molar-refractivity contribution in [2.75, 3.05) is 33.2 Å². The molecular formula is C18H29N3. The van der Waals surface area contributed by atoms with E-state index in [1.807, 2.05) is 0 Å². The average Bonchev–Trinajstić information content (AvgIpc) is 3.38. The molecule has 2 aliphatic rings. The molecule has 1 aliphatic carbocycles. The first kappa shape index (κ1) is 15.0. The summed E-state index contributed by atoms with van der Waals surface area (Å²) in [5.41, 5.74) is 1.41. The van der Waals surface area contributed by atoms with Crippen LogP contribution in [0.4, 0.5) is 0 Å². The van der Waals surface area contributed by atoms with Gasteiger partial charge in [-0.15, -0.1) is 0 Å². The zero-order valence-corrected chi connectivity index (χ0v) is 13.5. The van der Waals surface area contributed by atoms with Crippen LogP contribution in [-0.4, -0.2) is 55.1 Å². The SMILES string of the molecule is CCC(C(NC)c1ccccc1)N1CCN(C2CC2)CC1. The molecule has 3 nitrogen and oxygen atoms in total. The van der Waals surface area contributed by atoms with Gasteiger partial charge in [-0.1, -0.05) is 37.3 Å². The van der Waals surface area contributed by atoms with Crippen LogP contribution in [0.15, 0.2) is 30.3 Å². The van der Waals surface area contributed by atoms with Crippen LogP contribution in [0.2, 0.25) is 0 Å². The van der Waals surface area contributed by atoms with Gasteiger partial charge in [-0.05, 0) is 31.9 Å². The Hall–Kier alpha value is -0.900. The fourth-order valence-corrected chi connectivity index (χ4v) is 3.82. The molecular weight excluding hydrogens is 258 g/mol. The van der Waals surface area contributed by atoms with E-state index in [2.05, 4.69) is 59.4 Å². The van der Waals surface area contributed by atoms with Gasteiger partial charge in [0.15, 0.2) is 0 Å². The fourth-order valence-electron chi connectivity index (χ4n) is 3.82. The number of nitrogens with one attached hydrogen (secondary N) is 1. The van der Waals surface area contributed by atoms with Gasteiger partial charge in [-0.25, -0.2) is 0 Å². The Balaban J connectivity index is 1.65. The summed E-state index contributed by atoms with van der Waals surface area (Å²) >= 11 is 0. The van der Waals surface area contributed by atoms with Gasteiger partial charge in [0.2, 0.25) is 0 Å². The Bertz CT molecular complexity index is 421. The lowest BCUT2D eigenvalue weighted by Gasteiger charge is -2.42. The topological polar surface area (TPSA) is 18.5 Å². The Morgan fingerprint density at radius 3 is 2.29 bits per heavy atom. The molecule has 3 heteroatoms. The van der Waals surface area contributed by atoms with Crippen molar-refractivity contribution < 1.29 is 0 Å². The summed E-state index contributed by atoms with van der Waals surface area (Å²) in [7, 11) is 2.10. The van der Waals surface area contributed by atoms with E-state index < -0.39 is 0 Å². The number of piperazine rings is 1. The third-order valence-corrected chi connectivity index (χ3v) is 5.15. The molecule has 1 saturated carbocycles. The Morgan fingerprint density at radius 2 is 1.76 bits per heavy atom. The maximum absolute atomic E-state index is 3.56. The second-order valence-corrected chi connectivity index (χ2v) is 6.46. The van der Waals surface area contributed by atoms with E-state index in [4.69, 9.17) is 0 Å². The molecule has 1 aromatic carbocycles. The molecule has 0 spiro atoms. The van der Waals surface area contributed by atoms with E-state index >= 15 is 0 Å². The van der Waals surface area contributed by atoms with Crippen LogP contribution in [-0.2, 0) is 0 Å². The molecule has 2 unspecified atom stereocenters. The number of benzene rings is 1. The predicted molar refractivity (Wildman–Crippen MR) is 88.5 cm³/mol. The van der Waals surface area contributed by atoms with Crippen molar-refractivity contribution in [3.63, 3.8) is 0 Å². The molecule has 1 aromatic rings. The van der Waals surface area contributed by atoms with Crippen molar-refractivity contribution in [3.05, 3.63) is 35.9 Å². The molecule has 3 rings (SSSR count). The van der Waals surface area contributed by atoms with E-state index in [-0.39, 0.29) is 0 Å². The molecule has 2 fully saturated rings. The molecule has 0 aromatic heterocycles. The summed E-state index contributed by atoms with van der Waals surface area (Å²) < 4.78 is 0. The molecule has 1 aliphatic heterocycles. The normalized spacial score (nSPS) is 23.9. The summed E-state index contributed by atoms with van der Waals surface area (Å²) in [6.07, 6.45) is 4.06. The Kier molecular flexibility index (Phi) is 4.94. The first-order chi connectivity index (χ1) is 10.3. The Labute approximate surface area is 129 Å². The molecule has 1 heterocycles. The summed E-state index contributed by atoms with van der Waals surface area (Å²) in [6, 6.07) is 12.9. The zero-order chi connectivity index (χ0) is 14.7. The summed E-state index contributed by atoms with van der Waals surface area (Å²) in [6.45, 7) is 7.28. The van der Waals surface area contributed by atoms with Crippen LogP contribution in [0.3, 0.4) is 0 Å². The van der Waals surface area contributed by atoms with Crippen molar-refractivity contribution in [3.8, 4) is 0 Å². The molecule has 0 bridgehead atoms. The van der Waals surface area contributed by atoms with Crippen molar-refractivity contribution >= 4 is 0 Å². The summed E-state index contributed by atoms with van der Waals surface area (Å²) in [5, 5.41) is 3.56. The first-order valence-corrected chi connectivity index (χ1v) is 8.53. The minimum atomic E-state index is 0.434. The standard InChI is InChI=1S/C18H29N3/c1-3-17(18(19-2)15-7-5-4-6-8-15)21-13-11-20(12-14-21)16-9-10-16/h4-8,16-19H,3,9-14H2,1-2H3. The van der Waals surface area contributed by atoms with Crippen LogP contribution in [0.25, 0.3) is 0 Å². The fraction of sp³-hybridized carbons (Fsp3) is 0.667. The maximum atomic E-state index is 3.56. The van der Waals surface area contributed by atoms with Crippen LogP contribution in [0.5, 0.6) is 0 Å². The minimum Gasteiger partial charge on any atom is -0.312 e. The number of hydrogen-bond donors (Lipinski definition) is 1. The lowest BCUT2D eigenvalue weighted by molar-refractivity contribution is 0.0735. The van der Waals surface area contributed by atoms with Crippen molar-refractivity contribution in [1.82, 2.24) is 15.1 Å². The second-order valence-electron chi connectivity index (χ2n) is 6.46. The number of nitrogens with zero attached hydrogens (tertiary/aromatic N) is 2. The van der Waals surface area contributed by atoms with Crippen LogP contribution >= 0.6 is 0 Å². The van der Waals surface area contributed by atoms with Crippen molar-refractivity contribution in [2.45, 2.75) is 44.3 Å². The largest absolute Gasteiger partial charge is 0.312 e. The highest BCUT2D eigenvalue weighted by molar-refractivity contribution is 5.20. The third kappa shape index (κ3) is 3.47. The van der Waals surface area contributed by atoms with Gasteiger partial charge in [0.05, 0.1) is 0 Å². The molecule has 1 saturated heterocycles. The highest BCUT2D eigenvalue weighted by atomic mass is 15.3. The monoisotopic (exact) mass is 287 g/mol. The van der Waals surface area contributed by atoms with E-state index in [1.54, 1.807) is 0 Å². The van der Waals surface area contributed by atoms with Gasteiger partial charge in [0, 0.05) is 44.3 Å². The second kappa shape index (κ2) is 6.91. The van der Waals surface area contributed by atoms with Gasteiger partial charge in [-0.2, -0.15) is 0 Å². The molecule has 2 atom stereocenters. The minimum absolute atomic E-state index is 0.434. The lowest BCUT2D eigenvalue weighted by atomic mass is 9.95. The Morgan fingerprint density at radius 1 is 1.10 bits per heavy atom. The quantitative estimate of drug-likeness (QED) is 0.867. The number of hydrogen-bond acceptors (Lipinski definition) is 3. The summed E-state index contributed by atoms with van der Waals surface area (Å²) in [4.78, 5) is 5.40.